The van der Waals surface area contributed by atoms with Crippen LogP contribution in [-0.4, -0.2) is 28.2 Å². The average Bonchev–Trinajstić information content (AvgIpc) is 2.60. The van der Waals surface area contributed by atoms with Gasteiger partial charge in [-0.05, 0) is 42.3 Å². The van der Waals surface area contributed by atoms with Gasteiger partial charge in [0.05, 0.1) is 24.0 Å². The number of fused-ring (bicyclic) bond motifs is 1. The molecule has 0 radical (unpaired) electrons. The smallest absolute Gasteiger partial charge is 0.416 e. The molecule has 0 unspecified atom stereocenters. The number of hydrogen-bond donors (Lipinski definition) is 0. The van der Waals surface area contributed by atoms with Gasteiger partial charge in [0.1, 0.15) is 17.4 Å². The van der Waals surface area contributed by atoms with Gasteiger partial charge in [-0.25, -0.2) is 0 Å². The van der Waals surface area contributed by atoms with Crippen molar-refractivity contribution in [3.8, 4) is 11.5 Å². The summed E-state index contributed by atoms with van der Waals surface area (Å²) >= 11 is 5.57. The molecule has 2 heterocycles. The second-order valence-corrected chi connectivity index (χ2v) is 5.87. The fourth-order valence-corrected chi connectivity index (χ4v) is 2.76. The number of halogens is 4. The molecule has 1 aliphatic heterocycles. The zero-order valence-electron chi connectivity index (χ0n) is 13.0. The molecule has 4 nitrogen and oxygen atoms in total. The van der Waals surface area contributed by atoms with Gasteiger partial charge >= 0.3 is 6.18 Å². The maximum atomic E-state index is 12.6. The fourth-order valence-electron chi connectivity index (χ4n) is 2.59. The highest BCUT2D eigenvalue weighted by Crippen LogP contribution is 2.32. The van der Waals surface area contributed by atoms with Crippen LogP contribution in [0.3, 0.4) is 0 Å². The van der Waals surface area contributed by atoms with Crippen molar-refractivity contribution >= 4 is 17.5 Å². The summed E-state index contributed by atoms with van der Waals surface area (Å²) in [6.45, 7) is 0.936. The zero-order chi connectivity index (χ0) is 18.0. The lowest BCUT2D eigenvalue weighted by Crippen LogP contribution is -2.37. The maximum Gasteiger partial charge on any atom is 0.416 e. The molecule has 0 saturated heterocycles. The van der Waals surface area contributed by atoms with Crippen molar-refractivity contribution in [2.45, 2.75) is 19.1 Å². The van der Waals surface area contributed by atoms with Crippen LogP contribution < -0.4 is 4.74 Å². The Hall–Kier alpha value is -2.28. The summed E-state index contributed by atoms with van der Waals surface area (Å²) < 4.78 is 43.3. The van der Waals surface area contributed by atoms with Gasteiger partial charge in [0.2, 0.25) is 5.91 Å². The molecule has 0 bridgehead atoms. The number of carbonyl (C=O) groups is 1. The van der Waals surface area contributed by atoms with Crippen LogP contribution in [0.2, 0.25) is 0 Å². The van der Waals surface area contributed by atoms with Crippen LogP contribution in [0.1, 0.15) is 16.8 Å². The first kappa shape index (κ1) is 17.5. The molecule has 0 atom stereocenters. The molecule has 132 valence electrons. The Morgan fingerprint density at radius 2 is 1.96 bits per heavy atom. The van der Waals surface area contributed by atoms with Crippen molar-refractivity contribution in [1.82, 2.24) is 9.88 Å². The standard InChI is InChI=1S/C17H14ClF3N2O2/c18-8-16(24)23-6-5-11-7-14(9-22-15(11)10-23)25-13-3-1-12(2-4-13)17(19,20)21/h1-4,7,9H,5-6,8,10H2. The Bertz CT molecular complexity index is 778. The van der Waals surface area contributed by atoms with Crippen molar-refractivity contribution in [1.29, 1.82) is 0 Å². The van der Waals surface area contributed by atoms with E-state index >= 15 is 0 Å². The van der Waals surface area contributed by atoms with Gasteiger partial charge < -0.3 is 9.64 Å². The highest BCUT2D eigenvalue weighted by atomic mass is 35.5. The molecular weight excluding hydrogens is 357 g/mol. The lowest BCUT2D eigenvalue weighted by atomic mass is 10.1. The number of alkyl halides is 4. The summed E-state index contributed by atoms with van der Waals surface area (Å²) in [7, 11) is 0. The molecule has 0 fully saturated rings. The highest BCUT2D eigenvalue weighted by Gasteiger charge is 2.30. The molecule has 1 aromatic heterocycles. The van der Waals surface area contributed by atoms with Gasteiger partial charge in [-0.15, -0.1) is 11.6 Å². The Kier molecular flexibility index (Phi) is 4.85. The topological polar surface area (TPSA) is 42.4 Å². The summed E-state index contributed by atoms with van der Waals surface area (Å²) in [5.41, 5.74) is 0.986. The minimum atomic E-state index is -4.38. The summed E-state index contributed by atoms with van der Waals surface area (Å²) in [5.74, 6) is 0.532. The van der Waals surface area contributed by atoms with Crippen LogP contribution in [0, 0.1) is 0 Å². The average molecular weight is 371 g/mol. The van der Waals surface area contributed by atoms with E-state index in [-0.39, 0.29) is 11.8 Å². The van der Waals surface area contributed by atoms with Crippen LogP contribution in [0.4, 0.5) is 13.2 Å². The number of carbonyl (C=O) groups excluding carboxylic acids is 1. The molecular formula is C17H14ClF3N2O2. The molecule has 1 aromatic carbocycles. The Balaban J connectivity index is 1.72. The largest absolute Gasteiger partial charge is 0.456 e. The molecule has 0 spiro atoms. The minimum Gasteiger partial charge on any atom is -0.456 e. The molecule has 2 aromatic rings. The number of ether oxygens (including phenoxy) is 1. The van der Waals surface area contributed by atoms with Gasteiger partial charge in [-0.2, -0.15) is 13.2 Å². The van der Waals surface area contributed by atoms with Crippen molar-refractivity contribution in [2.24, 2.45) is 0 Å². The molecule has 0 saturated carbocycles. The quantitative estimate of drug-likeness (QED) is 0.766. The van der Waals surface area contributed by atoms with Crippen LogP contribution >= 0.6 is 11.6 Å². The van der Waals surface area contributed by atoms with Crippen molar-refractivity contribution in [2.75, 3.05) is 12.4 Å². The number of benzene rings is 1. The van der Waals surface area contributed by atoms with E-state index < -0.39 is 11.7 Å². The normalized spacial score (nSPS) is 14.2. The van der Waals surface area contributed by atoms with Crippen molar-refractivity contribution in [3.05, 3.63) is 53.3 Å². The molecule has 1 aliphatic rings. The zero-order valence-corrected chi connectivity index (χ0v) is 13.8. The summed E-state index contributed by atoms with van der Waals surface area (Å²) in [5, 5.41) is 0. The van der Waals surface area contributed by atoms with Crippen molar-refractivity contribution < 1.29 is 22.7 Å². The number of pyridine rings is 1. The first-order chi connectivity index (χ1) is 11.9. The Labute approximate surface area is 147 Å². The summed E-state index contributed by atoms with van der Waals surface area (Å²) in [6.07, 6.45) is -2.27. The van der Waals surface area contributed by atoms with Gasteiger partial charge in [-0.3, -0.25) is 9.78 Å². The molecule has 8 heteroatoms. The van der Waals surface area contributed by atoms with Crippen LogP contribution in [-0.2, 0) is 23.9 Å². The van der Waals surface area contributed by atoms with Gasteiger partial charge in [0.25, 0.3) is 0 Å². The fraction of sp³-hybridized carbons (Fsp3) is 0.294. The molecule has 1 amide bonds. The van der Waals surface area contributed by atoms with Gasteiger partial charge in [0.15, 0.2) is 0 Å². The van der Waals surface area contributed by atoms with E-state index in [1.165, 1.54) is 18.3 Å². The third-order valence-corrected chi connectivity index (χ3v) is 4.14. The minimum absolute atomic E-state index is 0.0650. The predicted molar refractivity (Wildman–Crippen MR) is 85.6 cm³/mol. The van der Waals surface area contributed by atoms with Crippen LogP contribution in [0.25, 0.3) is 0 Å². The molecule has 0 aliphatic carbocycles. The van der Waals surface area contributed by atoms with Crippen LogP contribution in [0.5, 0.6) is 11.5 Å². The highest BCUT2D eigenvalue weighted by molar-refractivity contribution is 6.27. The molecule has 25 heavy (non-hydrogen) atoms. The van der Waals surface area contributed by atoms with Gasteiger partial charge in [0, 0.05) is 6.54 Å². The maximum absolute atomic E-state index is 12.6. The molecule has 3 rings (SSSR count). The number of rotatable bonds is 3. The van der Waals surface area contributed by atoms with E-state index in [1.54, 1.807) is 11.0 Å². The number of amides is 1. The van der Waals surface area contributed by atoms with E-state index in [0.29, 0.717) is 31.0 Å². The first-order valence-electron chi connectivity index (χ1n) is 7.53. The number of nitrogens with zero attached hydrogens (tertiary/aromatic N) is 2. The second-order valence-electron chi connectivity index (χ2n) is 5.60. The lowest BCUT2D eigenvalue weighted by Gasteiger charge is -2.27. The van der Waals surface area contributed by atoms with E-state index in [9.17, 15) is 18.0 Å². The number of hydrogen-bond acceptors (Lipinski definition) is 3. The van der Waals surface area contributed by atoms with E-state index in [1.807, 2.05) is 0 Å². The van der Waals surface area contributed by atoms with Crippen molar-refractivity contribution in [3.63, 3.8) is 0 Å². The van der Waals surface area contributed by atoms with Crippen LogP contribution in [0.15, 0.2) is 36.5 Å². The third kappa shape index (κ3) is 4.04. The van der Waals surface area contributed by atoms with E-state index in [4.69, 9.17) is 16.3 Å². The van der Waals surface area contributed by atoms with E-state index in [0.717, 1.165) is 23.4 Å². The van der Waals surface area contributed by atoms with Gasteiger partial charge in [-0.1, -0.05) is 0 Å². The second kappa shape index (κ2) is 6.92. The van der Waals surface area contributed by atoms with E-state index in [2.05, 4.69) is 4.98 Å². The third-order valence-electron chi connectivity index (χ3n) is 3.91. The monoisotopic (exact) mass is 370 g/mol. The SMILES string of the molecule is O=C(CCl)N1CCc2cc(Oc3ccc(C(F)(F)F)cc3)cnc2C1. The molecule has 0 N–H and O–H groups in total. The first-order valence-corrected chi connectivity index (χ1v) is 8.07. The predicted octanol–water partition coefficient (Wildman–Crippen LogP) is 4.02. The number of aromatic nitrogens is 1. The Morgan fingerprint density at radius 3 is 2.60 bits per heavy atom. The Morgan fingerprint density at radius 1 is 1.24 bits per heavy atom. The lowest BCUT2D eigenvalue weighted by molar-refractivity contribution is -0.137. The summed E-state index contributed by atoms with van der Waals surface area (Å²) in [4.78, 5) is 17.6. The summed E-state index contributed by atoms with van der Waals surface area (Å²) in [6, 6.07) is 6.27.